The molecular formula is C15H30N2O. The molecule has 3 nitrogen and oxygen atoms in total. The first-order valence-corrected chi connectivity index (χ1v) is 7.65. The molecule has 106 valence electrons. The molecule has 1 aliphatic heterocycles. The van der Waals surface area contributed by atoms with Gasteiger partial charge in [0.1, 0.15) is 0 Å². The lowest BCUT2D eigenvalue weighted by Crippen LogP contribution is -2.39. The second-order valence-electron chi connectivity index (χ2n) is 5.79. The number of carbonyl (C=O) groups is 1. The van der Waals surface area contributed by atoms with Gasteiger partial charge in [-0.15, -0.1) is 0 Å². The second-order valence-corrected chi connectivity index (χ2v) is 5.79. The maximum absolute atomic E-state index is 12.4. The second kappa shape index (κ2) is 8.52. The molecule has 1 saturated heterocycles. The zero-order chi connectivity index (χ0) is 13.4. The van der Waals surface area contributed by atoms with Crippen molar-refractivity contribution in [2.24, 2.45) is 5.92 Å². The number of nitrogens with zero attached hydrogens (tertiary/aromatic N) is 1. The van der Waals surface area contributed by atoms with Gasteiger partial charge in [0.05, 0.1) is 0 Å². The third-order valence-corrected chi connectivity index (χ3v) is 3.87. The van der Waals surface area contributed by atoms with Gasteiger partial charge in [-0.25, -0.2) is 0 Å². The summed E-state index contributed by atoms with van der Waals surface area (Å²) in [5, 5.41) is 3.36. The lowest BCUT2D eigenvalue weighted by atomic mass is 9.94. The Balaban J connectivity index is 2.37. The highest BCUT2D eigenvalue weighted by atomic mass is 16.2. The number of nitrogens with one attached hydrogen (secondary N) is 1. The fraction of sp³-hybridized carbons (Fsp3) is 0.933. The van der Waals surface area contributed by atoms with E-state index in [1.54, 1.807) is 0 Å². The number of amides is 1. The first-order chi connectivity index (χ1) is 8.65. The Kier molecular flexibility index (Phi) is 7.33. The van der Waals surface area contributed by atoms with Crippen LogP contribution in [0.4, 0.5) is 0 Å². The summed E-state index contributed by atoms with van der Waals surface area (Å²) in [6.45, 7) is 9.56. The van der Waals surface area contributed by atoms with Crippen LogP contribution in [0.3, 0.4) is 0 Å². The van der Waals surface area contributed by atoms with Gasteiger partial charge < -0.3 is 10.2 Å². The standard InChI is InChI=1S/C15H30N2O/c1-4-5-6-11-17(13(2)3)15(18)12-14-7-9-16-10-8-14/h13-14,16H,4-12H2,1-3H3. The van der Waals surface area contributed by atoms with Crippen LogP contribution < -0.4 is 5.32 Å². The SMILES string of the molecule is CCCCCN(C(=O)CC1CCNCC1)C(C)C. The molecule has 1 aliphatic rings. The molecule has 1 amide bonds. The molecule has 0 spiro atoms. The number of carbonyl (C=O) groups excluding carboxylic acids is 1. The van der Waals surface area contributed by atoms with Crippen molar-refractivity contribution in [2.75, 3.05) is 19.6 Å². The van der Waals surface area contributed by atoms with Crippen LogP contribution in [0.2, 0.25) is 0 Å². The largest absolute Gasteiger partial charge is 0.340 e. The first-order valence-electron chi connectivity index (χ1n) is 7.65. The van der Waals surface area contributed by atoms with E-state index in [0.717, 1.165) is 45.3 Å². The number of unbranched alkanes of at least 4 members (excludes halogenated alkanes) is 2. The molecule has 3 heteroatoms. The average Bonchev–Trinajstić information content (AvgIpc) is 2.35. The monoisotopic (exact) mass is 254 g/mol. The molecule has 1 rings (SSSR count). The zero-order valence-corrected chi connectivity index (χ0v) is 12.4. The summed E-state index contributed by atoms with van der Waals surface area (Å²) < 4.78 is 0. The molecule has 1 N–H and O–H groups in total. The molecule has 18 heavy (non-hydrogen) atoms. The molecule has 0 unspecified atom stereocenters. The van der Waals surface area contributed by atoms with Crippen molar-refractivity contribution in [3.05, 3.63) is 0 Å². The van der Waals surface area contributed by atoms with E-state index in [1.807, 2.05) is 0 Å². The van der Waals surface area contributed by atoms with Gasteiger partial charge in [-0.05, 0) is 52.1 Å². The highest BCUT2D eigenvalue weighted by Gasteiger charge is 2.22. The van der Waals surface area contributed by atoms with E-state index >= 15 is 0 Å². The number of piperidine rings is 1. The maximum Gasteiger partial charge on any atom is 0.223 e. The third kappa shape index (κ3) is 5.38. The van der Waals surface area contributed by atoms with Crippen molar-refractivity contribution in [3.63, 3.8) is 0 Å². The van der Waals surface area contributed by atoms with Gasteiger partial charge in [-0.3, -0.25) is 4.79 Å². The van der Waals surface area contributed by atoms with Gasteiger partial charge in [-0.2, -0.15) is 0 Å². The van der Waals surface area contributed by atoms with Crippen LogP contribution in [0.5, 0.6) is 0 Å². The Labute approximate surface area is 112 Å². The minimum absolute atomic E-state index is 0.344. The van der Waals surface area contributed by atoms with Crippen molar-refractivity contribution >= 4 is 5.91 Å². The minimum atomic E-state index is 0.344. The van der Waals surface area contributed by atoms with Crippen LogP contribution >= 0.6 is 0 Å². The summed E-state index contributed by atoms with van der Waals surface area (Å²) in [6.07, 6.45) is 6.66. The highest BCUT2D eigenvalue weighted by molar-refractivity contribution is 5.76. The van der Waals surface area contributed by atoms with Crippen molar-refractivity contribution in [1.29, 1.82) is 0 Å². The summed E-state index contributed by atoms with van der Waals surface area (Å²) in [5.41, 5.74) is 0. The molecule has 0 radical (unpaired) electrons. The Morgan fingerprint density at radius 1 is 1.28 bits per heavy atom. The predicted molar refractivity (Wildman–Crippen MR) is 76.6 cm³/mol. The fourth-order valence-electron chi connectivity index (χ4n) is 2.65. The lowest BCUT2D eigenvalue weighted by Gasteiger charge is -2.30. The topological polar surface area (TPSA) is 32.3 Å². The van der Waals surface area contributed by atoms with E-state index < -0.39 is 0 Å². The Bertz CT molecular complexity index is 235. The van der Waals surface area contributed by atoms with Gasteiger partial charge in [0.2, 0.25) is 5.91 Å². The van der Waals surface area contributed by atoms with Crippen molar-refractivity contribution in [1.82, 2.24) is 10.2 Å². The molecule has 0 aliphatic carbocycles. The van der Waals surface area contributed by atoms with Crippen LogP contribution in [-0.2, 0) is 4.79 Å². The van der Waals surface area contributed by atoms with E-state index in [-0.39, 0.29) is 0 Å². The Morgan fingerprint density at radius 3 is 2.50 bits per heavy atom. The quantitative estimate of drug-likeness (QED) is 0.709. The number of rotatable bonds is 7. The van der Waals surface area contributed by atoms with E-state index in [0.29, 0.717) is 17.9 Å². The predicted octanol–water partition coefficient (Wildman–Crippen LogP) is 2.80. The number of hydrogen-bond acceptors (Lipinski definition) is 2. The molecule has 0 atom stereocenters. The Hall–Kier alpha value is -0.570. The lowest BCUT2D eigenvalue weighted by molar-refractivity contribution is -0.134. The van der Waals surface area contributed by atoms with Gasteiger partial charge in [0, 0.05) is 19.0 Å². The fourth-order valence-corrected chi connectivity index (χ4v) is 2.65. The van der Waals surface area contributed by atoms with Crippen LogP contribution in [0, 0.1) is 5.92 Å². The van der Waals surface area contributed by atoms with Gasteiger partial charge >= 0.3 is 0 Å². The van der Waals surface area contributed by atoms with Gasteiger partial charge in [0.25, 0.3) is 0 Å². The molecule has 0 saturated carbocycles. The van der Waals surface area contributed by atoms with E-state index in [2.05, 4.69) is 31.0 Å². The van der Waals surface area contributed by atoms with Crippen LogP contribution in [0.25, 0.3) is 0 Å². The molecule has 0 aromatic rings. The summed E-state index contributed by atoms with van der Waals surface area (Å²) in [7, 11) is 0. The van der Waals surface area contributed by atoms with Crippen LogP contribution in [0.15, 0.2) is 0 Å². The summed E-state index contributed by atoms with van der Waals surface area (Å²) in [5.74, 6) is 0.971. The molecule has 0 aromatic heterocycles. The summed E-state index contributed by atoms with van der Waals surface area (Å²) in [4.78, 5) is 14.4. The molecule has 0 bridgehead atoms. The summed E-state index contributed by atoms with van der Waals surface area (Å²) >= 11 is 0. The first kappa shape index (κ1) is 15.5. The molecular weight excluding hydrogens is 224 g/mol. The van der Waals surface area contributed by atoms with E-state index in [4.69, 9.17) is 0 Å². The Morgan fingerprint density at radius 2 is 1.94 bits per heavy atom. The van der Waals surface area contributed by atoms with Crippen molar-refractivity contribution < 1.29 is 4.79 Å². The smallest absolute Gasteiger partial charge is 0.223 e. The average molecular weight is 254 g/mol. The van der Waals surface area contributed by atoms with E-state index in [9.17, 15) is 4.79 Å². The molecule has 0 aromatic carbocycles. The third-order valence-electron chi connectivity index (χ3n) is 3.87. The van der Waals surface area contributed by atoms with Crippen LogP contribution in [-0.4, -0.2) is 36.5 Å². The van der Waals surface area contributed by atoms with Gasteiger partial charge in [-0.1, -0.05) is 19.8 Å². The number of hydrogen-bond donors (Lipinski definition) is 1. The highest BCUT2D eigenvalue weighted by Crippen LogP contribution is 2.18. The van der Waals surface area contributed by atoms with Crippen molar-refractivity contribution in [2.45, 2.75) is 65.3 Å². The normalized spacial score (nSPS) is 17.1. The van der Waals surface area contributed by atoms with E-state index in [1.165, 1.54) is 12.8 Å². The molecule has 1 fully saturated rings. The zero-order valence-electron chi connectivity index (χ0n) is 12.4. The minimum Gasteiger partial charge on any atom is -0.340 e. The van der Waals surface area contributed by atoms with Crippen LogP contribution in [0.1, 0.15) is 59.3 Å². The van der Waals surface area contributed by atoms with Gasteiger partial charge in [0.15, 0.2) is 0 Å². The molecule has 1 heterocycles. The van der Waals surface area contributed by atoms with Crippen molar-refractivity contribution in [3.8, 4) is 0 Å². The summed E-state index contributed by atoms with van der Waals surface area (Å²) in [6, 6.07) is 0.344. The maximum atomic E-state index is 12.4.